The second-order valence-corrected chi connectivity index (χ2v) is 3.50. The third-order valence-electron chi connectivity index (χ3n) is 2.68. The van der Waals surface area contributed by atoms with Crippen molar-refractivity contribution in [3.05, 3.63) is 10.1 Å². The lowest BCUT2D eigenvalue weighted by molar-refractivity contribution is -0.491. The van der Waals surface area contributed by atoms with Crippen LogP contribution in [0.4, 0.5) is 0 Å². The molecule has 70 valence electrons. The molecule has 1 rings (SSSR count). The second kappa shape index (κ2) is 4.40. The molecule has 1 fully saturated rings. The molecule has 1 N–H and O–H groups in total. The number of hydrogen-bond acceptors (Lipinski definition) is 3. The molecule has 0 aromatic rings. The second-order valence-electron chi connectivity index (χ2n) is 3.50. The van der Waals surface area contributed by atoms with E-state index in [4.69, 9.17) is 5.11 Å². The largest absolute Gasteiger partial charge is 0.396 e. The van der Waals surface area contributed by atoms with Crippen LogP contribution >= 0.6 is 0 Å². The number of hydrogen-bond donors (Lipinski definition) is 1. The molecule has 0 aliphatic heterocycles. The molecular weight excluding hydrogens is 158 g/mol. The first-order valence-corrected chi connectivity index (χ1v) is 4.46. The van der Waals surface area contributed by atoms with Gasteiger partial charge in [0.2, 0.25) is 6.54 Å². The average Bonchev–Trinajstić information content (AvgIpc) is 2.04. The first kappa shape index (κ1) is 9.45. The summed E-state index contributed by atoms with van der Waals surface area (Å²) in [4.78, 5) is 9.99. The van der Waals surface area contributed by atoms with Crippen molar-refractivity contribution in [1.82, 2.24) is 0 Å². The van der Waals surface area contributed by atoms with Crippen LogP contribution in [0.15, 0.2) is 0 Å². The summed E-state index contributed by atoms with van der Waals surface area (Å²) < 4.78 is 0. The van der Waals surface area contributed by atoms with E-state index in [1.54, 1.807) is 0 Å². The summed E-state index contributed by atoms with van der Waals surface area (Å²) in [5.74, 6) is 0.280. The number of aliphatic hydroxyl groups excluding tert-OH is 1. The van der Waals surface area contributed by atoms with Crippen molar-refractivity contribution in [3.63, 3.8) is 0 Å². The van der Waals surface area contributed by atoms with Gasteiger partial charge in [-0.2, -0.15) is 0 Å². The van der Waals surface area contributed by atoms with Gasteiger partial charge in [0.15, 0.2) is 0 Å². The molecule has 0 heterocycles. The molecular formula is C8H15NO3. The van der Waals surface area contributed by atoms with Crippen LogP contribution in [0.5, 0.6) is 0 Å². The summed E-state index contributed by atoms with van der Waals surface area (Å²) in [5.41, 5.74) is 0. The first-order chi connectivity index (χ1) is 5.74. The summed E-state index contributed by atoms with van der Waals surface area (Å²) in [6.07, 6.45) is 4.05. The number of aliphatic hydroxyl groups is 1. The van der Waals surface area contributed by atoms with Gasteiger partial charge in [0.05, 0.1) is 0 Å². The quantitative estimate of drug-likeness (QED) is 0.512. The molecule has 0 unspecified atom stereocenters. The maximum atomic E-state index is 10.3. The van der Waals surface area contributed by atoms with E-state index >= 15 is 0 Å². The number of rotatable bonds is 3. The molecule has 0 aromatic heterocycles. The molecule has 0 amide bonds. The van der Waals surface area contributed by atoms with Gasteiger partial charge in [-0.25, -0.2) is 0 Å². The summed E-state index contributed by atoms with van der Waals surface area (Å²) in [6, 6.07) is 0. The van der Waals surface area contributed by atoms with Crippen LogP contribution in [-0.4, -0.2) is 23.2 Å². The Kier molecular flexibility index (Phi) is 3.47. The molecule has 2 atom stereocenters. The molecule has 0 radical (unpaired) electrons. The lowest BCUT2D eigenvalue weighted by Crippen LogP contribution is -2.28. The zero-order valence-electron chi connectivity index (χ0n) is 7.11. The minimum atomic E-state index is -0.265. The summed E-state index contributed by atoms with van der Waals surface area (Å²) in [5, 5.41) is 19.2. The summed E-state index contributed by atoms with van der Waals surface area (Å²) >= 11 is 0. The van der Waals surface area contributed by atoms with Gasteiger partial charge < -0.3 is 5.11 Å². The fourth-order valence-electron chi connectivity index (χ4n) is 1.96. The van der Waals surface area contributed by atoms with Crippen LogP contribution in [0.2, 0.25) is 0 Å². The Labute approximate surface area is 71.7 Å². The van der Waals surface area contributed by atoms with E-state index in [0.717, 1.165) is 25.7 Å². The Hall–Kier alpha value is -0.640. The van der Waals surface area contributed by atoms with E-state index in [-0.39, 0.29) is 29.9 Å². The lowest BCUT2D eigenvalue weighted by atomic mass is 9.80. The van der Waals surface area contributed by atoms with Gasteiger partial charge in [-0.15, -0.1) is 0 Å². The Bertz CT molecular complexity index is 160. The zero-order chi connectivity index (χ0) is 8.97. The van der Waals surface area contributed by atoms with Gasteiger partial charge in [0, 0.05) is 17.4 Å². The first-order valence-electron chi connectivity index (χ1n) is 4.46. The van der Waals surface area contributed by atoms with Crippen LogP contribution in [0.3, 0.4) is 0 Å². The average molecular weight is 173 g/mol. The fraction of sp³-hybridized carbons (Fsp3) is 1.00. The summed E-state index contributed by atoms with van der Waals surface area (Å²) in [7, 11) is 0. The predicted molar refractivity (Wildman–Crippen MR) is 44.4 cm³/mol. The monoisotopic (exact) mass is 173 g/mol. The molecule has 0 spiro atoms. The number of nitrogens with zero attached hydrogens (tertiary/aromatic N) is 1. The number of nitro groups is 1. The van der Waals surface area contributed by atoms with Crippen molar-refractivity contribution in [2.24, 2.45) is 11.8 Å². The molecule has 1 aliphatic carbocycles. The van der Waals surface area contributed by atoms with E-state index in [9.17, 15) is 10.1 Å². The van der Waals surface area contributed by atoms with Gasteiger partial charge >= 0.3 is 0 Å². The van der Waals surface area contributed by atoms with E-state index in [2.05, 4.69) is 0 Å². The minimum Gasteiger partial charge on any atom is -0.396 e. The van der Waals surface area contributed by atoms with Crippen molar-refractivity contribution in [1.29, 1.82) is 0 Å². The normalized spacial score (nSPS) is 30.1. The van der Waals surface area contributed by atoms with Crippen molar-refractivity contribution in [2.75, 3.05) is 13.2 Å². The van der Waals surface area contributed by atoms with Gasteiger partial charge in [-0.05, 0) is 18.8 Å². The Morgan fingerprint density at radius 1 is 1.33 bits per heavy atom. The van der Waals surface area contributed by atoms with E-state index in [1.165, 1.54) is 0 Å². The van der Waals surface area contributed by atoms with Crippen molar-refractivity contribution < 1.29 is 10.0 Å². The van der Waals surface area contributed by atoms with Crippen LogP contribution in [0.25, 0.3) is 0 Å². The Morgan fingerprint density at radius 3 is 2.42 bits per heavy atom. The molecule has 1 aliphatic rings. The van der Waals surface area contributed by atoms with E-state index < -0.39 is 0 Å². The topological polar surface area (TPSA) is 63.4 Å². The molecule has 4 nitrogen and oxygen atoms in total. The summed E-state index contributed by atoms with van der Waals surface area (Å²) in [6.45, 7) is 0.143. The van der Waals surface area contributed by atoms with Crippen LogP contribution < -0.4 is 0 Å². The third-order valence-corrected chi connectivity index (χ3v) is 2.68. The smallest absolute Gasteiger partial charge is 0.207 e. The van der Waals surface area contributed by atoms with Crippen molar-refractivity contribution in [2.45, 2.75) is 25.7 Å². The fourth-order valence-corrected chi connectivity index (χ4v) is 1.96. The van der Waals surface area contributed by atoms with Crippen LogP contribution in [0.1, 0.15) is 25.7 Å². The Balaban J connectivity index is 2.41. The molecule has 1 saturated carbocycles. The molecule has 0 aromatic carbocycles. The highest BCUT2D eigenvalue weighted by Crippen LogP contribution is 2.29. The van der Waals surface area contributed by atoms with Crippen molar-refractivity contribution in [3.8, 4) is 0 Å². The highest BCUT2D eigenvalue weighted by atomic mass is 16.6. The standard InChI is InChI=1S/C8H15NO3/c10-6-8-4-2-1-3-7(8)5-9(11)12/h7-8,10H,1-6H2/t7-,8+/m0/s1. The lowest BCUT2D eigenvalue weighted by Gasteiger charge is -2.26. The minimum absolute atomic E-state index is 0.0330. The van der Waals surface area contributed by atoms with E-state index in [1.807, 2.05) is 0 Å². The molecule has 0 saturated heterocycles. The van der Waals surface area contributed by atoms with Gasteiger partial charge in [-0.1, -0.05) is 12.8 Å². The van der Waals surface area contributed by atoms with Gasteiger partial charge in [0.1, 0.15) is 0 Å². The molecule has 4 heteroatoms. The SMILES string of the molecule is O=[N+]([O-])C[C@@H]1CCCC[C@@H]1CO. The van der Waals surface area contributed by atoms with Gasteiger partial charge in [-0.3, -0.25) is 10.1 Å². The highest BCUT2D eigenvalue weighted by molar-refractivity contribution is 4.74. The molecule has 12 heavy (non-hydrogen) atoms. The maximum absolute atomic E-state index is 10.3. The Morgan fingerprint density at radius 2 is 1.92 bits per heavy atom. The molecule has 0 bridgehead atoms. The highest BCUT2D eigenvalue weighted by Gasteiger charge is 2.28. The zero-order valence-corrected chi connectivity index (χ0v) is 7.11. The van der Waals surface area contributed by atoms with Crippen LogP contribution in [0, 0.1) is 22.0 Å². The third kappa shape index (κ3) is 2.44. The van der Waals surface area contributed by atoms with E-state index in [0.29, 0.717) is 0 Å². The van der Waals surface area contributed by atoms with Crippen molar-refractivity contribution >= 4 is 0 Å². The van der Waals surface area contributed by atoms with Gasteiger partial charge in [0.25, 0.3) is 0 Å². The maximum Gasteiger partial charge on any atom is 0.207 e. The predicted octanol–water partition coefficient (Wildman–Crippen LogP) is 1.06. The van der Waals surface area contributed by atoms with Crippen LogP contribution in [-0.2, 0) is 0 Å².